The first-order valence-corrected chi connectivity index (χ1v) is 13.1. The number of benzene rings is 2. The van der Waals surface area contributed by atoms with E-state index in [2.05, 4.69) is 33.0 Å². The zero-order valence-electron chi connectivity index (χ0n) is 22.8. The molecule has 1 amide bonds. The Morgan fingerprint density at radius 2 is 1.61 bits per heavy atom. The summed E-state index contributed by atoms with van der Waals surface area (Å²) in [4.78, 5) is 27.6. The number of ketones is 1. The monoisotopic (exact) mass is 491 g/mol. The van der Waals surface area contributed by atoms with Crippen LogP contribution in [0, 0.1) is 35.5 Å². The second kappa shape index (κ2) is 9.91. The molecule has 2 aliphatic rings. The van der Waals surface area contributed by atoms with Gasteiger partial charge in [-0.25, -0.2) is 0 Å². The van der Waals surface area contributed by atoms with Crippen LogP contribution in [0.3, 0.4) is 0 Å². The highest BCUT2D eigenvalue weighted by molar-refractivity contribution is 6.00. The van der Waals surface area contributed by atoms with Gasteiger partial charge in [-0.15, -0.1) is 0 Å². The first-order valence-electron chi connectivity index (χ1n) is 13.1. The largest absolute Gasteiger partial charge is 0.497 e. The van der Waals surface area contributed by atoms with Crippen LogP contribution in [0.2, 0.25) is 0 Å². The van der Waals surface area contributed by atoms with Crippen molar-refractivity contribution in [2.45, 2.75) is 66.3 Å². The van der Waals surface area contributed by atoms with Crippen molar-refractivity contribution in [2.24, 2.45) is 28.6 Å². The number of fused-ring (bicyclic) bond motifs is 1. The Kier molecular flexibility index (Phi) is 7.23. The van der Waals surface area contributed by atoms with Gasteiger partial charge in [0.1, 0.15) is 11.5 Å². The maximum Gasteiger partial charge on any atom is 0.251 e. The minimum absolute atomic E-state index is 0.0152. The Labute approximate surface area is 216 Å². The number of nitrogens with one attached hydrogen (secondary N) is 1. The Morgan fingerprint density at radius 1 is 0.944 bits per heavy atom. The third-order valence-electron chi connectivity index (χ3n) is 9.15. The molecule has 4 rings (SSSR count). The topological polar surface area (TPSA) is 64.6 Å². The second-order valence-electron chi connectivity index (χ2n) is 11.9. The van der Waals surface area contributed by atoms with Crippen LogP contribution in [0.5, 0.6) is 11.5 Å². The number of hydrogen-bond acceptors (Lipinski definition) is 4. The smallest absolute Gasteiger partial charge is 0.251 e. The molecular formula is C31H41NO4. The molecule has 2 saturated carbocycles. The Morgan fingerprint density at radius 3 is 2.22 bits per heavy atom. The fourth-order valence-electron chi connectivity index (χ4n) is 7.32. The fraction of sp³-hybridized carbons (Fsp3) is 0.548. The molecule has 2 aliphatic carbocycles. The van der Waals surface area contributed by atoms with E-state index < -0.39 is 0 Å². The van der Waals surface area contributed by atoms with E-state index in [4.69, 9.17) is 9.47 Å². The van der Waals surface area contributed by atoms with Crippen LogP contribution in [-0.2, 0) is 0 Å². The van der Waals surface area contributed by atoms with Crippen molar-refractivity contribution in [1.82, 2.24) is 5.32 Å². The Balaban J connectivity index is 1.74. The highest BCUT2D eigenvalue weighted by Crippen LogP contribution is 2.61. The number of hydrogen-bond donors (Lipinski definition) is 1. The van der Waals surface area contributed by atoms with Crippen LogP contribution >= 0.6 is 0 Å². The van der Waals surface area contributed by atoms with Gasteiger partial charge in [0.15, 0.2) is 5.78 Å². The van der Waals surface area contributed by atoms with Gasteiger partial charge in [0.2, 0.25) is 0 Å². The standard InChI is InChI=1S/C31H41NO4/c1-19-10-8-11-21(14-19)29(34)32-25-18-26-30(3,4)12-9-13-31(26,5)27(20(25)2)28(33)22-15-23(35-6)17-24(16-22)36-7/h8,10-11,14-17,20,25-27H,9,12-13,18H2,1-7H3,(H,32,34). The van der Waals surface area contributed by atoms with Gasteiger partial charge in [0, 0.05) is 29.2 Å². The average Bonchev–Trinajstić information content (AvgIpc) is 2.84. The van der Waals surface area contributed by atoms with Crippen molar-refractivity contribution in [3.05, 3.63) is 59.2 Å². The van der Waals surface area contributed by atoms with E-state index in [1.807, 2.05) is 43.3 Å². The summed E-state index contributed by atoms with van der Waals surface area (Å²) < 4.78 is 10.9. The Bertz CT molecular complexity index is 1120. The number of ether oxygens (including phenoxy) is 2. The van der Waals surface area contributed by atoms with Crippen molar-refractivity contribution < 1.29 is 19.1 Å². The lowest BCUT2D eigenvalue weighted by Crippen LogP contribution is -2.60. The Hall–Kier alpha value is -2.82. The maximum atomic E-state index is 14.3. The molecule has 36 heavy (non-hydrogen) atoms. The van der Waals surface area contributed by atoms with Gasteiger partial charge < -0.3 is 14.8 Å². The van der Waals surface area contributed by atoms with E-state index in [1.165, 1.54) is 0 Å². The van der Waals surface area contributed by atoms with E-state index >= 15 is 0 Å². The van der Waals surface area contributed by atoms with E-state index in [9.17, 15) is 9.59 Å². The van der Waals surface area contributed by atoms with Crippen molar-refractivity contribution in [1.29, 1.82) is 0 Å². The lowest BCUT2D eigenvalue weighted by molar-refractivity contribution is -0.0902. The number of amides is 1. The van der Waals surface area contributed by atoms with E-state index in [1.54, 1.807) is 20.3 Å². The maximum absolute atomic E-state index is 14.3. The second-order valence-corrected chi connectivity index (χ2v) is 11.9. The van der Waals surface area contributed by atoms with Crippen LogP contribution < -0.4 is 14.8 Å². The molecule has 0 aliphatic heterocycles. The fourth-order valence-corrected chi connectivity index (χ4v) is 7.32. The molecule has 0 bridgehead atoms. The van der Waals surface area contributed by atoms with Gasteiger partial charge in [-0.05, 0) is 73.1 Å². The normalized spacial score (nSPS) is 29.1. The molecule has 5 nitrogen and oxygen atoms in total. The summed E-state index contributed by atoms with van der Waals surface area (Å²) in [7, 11) is 3.20. The highest BCUT2D eigenvalue weighted by Gasteiger charge is 2.58. The number of rotatable bonds is 6. The van der Waals surface area contributed by atoms with Crippen LogP contribution in [0.4, 0.5) is 0 Å². The average molecular weight is 492 g/mol. The lowest BCUT2D eigenvalue weighted by atomic mass is 9.45. The molecule has 2 aromatic carbocycles. The van der Waals surface area contributed by atoms with Crippen molar-refractivity contribution >= 4 is 11.7 Å². The van der Waals surface area contributed by atoms with Crippen molar-refractivity contribution in [2.75, 3.05) is 14.2 Å². The minimum Gasteiger partial charge on any atom is -0.497 e. The lowest BCUT2D eigenvalue weighted by Gasteiger charge is -2.60. The summed E-state index contributed by atoms with van der Waals surface area (Å²) in [5.41, 5.74) is 2.26. The summed E-state index contributed by atoms with van der Waals surface area (Å²) in [5.74, 6) is 1.34. The number of aryl methyl sites for hydroxylation is 1. The van der Waals surface area contributed by atoms with Gasteiger partial charge in [0.05, 0.1) is 14.2 Å². The molecule has 0 radical (unpaired) electrons. The zero-order valence-corrected chi connectivity index (χ0v) is 22.8. The first kappa shape index (κ1) is 26.2. The summed E-state index contributed by atoms with van der Waals surface area (Å²) in [5, 5.41) is 3.34. The van der Waals surface area contributed by atoms with E-state index in [-0.39, 0.29) is 40.4 Å². The van der Waals surface area contributed by atoms with Crippen molar-refractivity contribution in [3.8, 4) is 11.5 Å². The van der Waals surface area contributed by atoms with Crippen LogP contribution in [0.25, 0.3) is 0 Å². The van der Waals surface area contributed by atoms with Gasteiger partial charge in [-0.1, -0.05) is 51.8 Å². The number of Topliss-reactive ketones (excluding diaryl/α,β-unsaturated/α-hetero) is 1. The number of methoxy groups -OCH3 is 2. The van der Waals surface area contributed by atoms with Crippen LogP contribution in [-0.4, -0.2) is 32.0 Å². The molecule has 5 heteroatoms. The van der Waals surface area contributed by atoms with Gasteiger partial charge >= 0.3 is 0 Å². The molecule has 5 unspecified atom stereocenters. The quantitative estimate of drug-likeness (QED) is 0.470. The summed E-state index contributed by atoms with van der Waals surface area (Å²) in [6.45, 7) is 11.1. The molecule has 194 valence electrons. The molecular weight excluding hydrogens is 450 g/mol. The molecule has 5 atom stereocenters. The molecule has 2 aromatic rings. The minimum atomic E-state index is -0.226. The molecule has 0 aromatic heterocycles. The molecule has 1 N–H and O–H groups in total. The predicted octanol–water partition coefficient (Wildman–Crippen LogP) is 6.48. The third kappa shape index (κ3) is 4.77. The van der Waals surface area contributed by atoms with Gasteiger partial charge in [-0.2, -0.15) is 0 Å². The molecule has 0 spiro atoms. The van der Waals surface area contributed by atoms with Crippen LogP contribution in [0.1, 0.15) is 79.7 Å². The first-order chi connectivity index (χ1) is 17.0. The SMILES string of the molecule is COc1cc(OC)cc(C(=O)C2C(C)C(NC(=O)c3cccc(C)c3)CC3C(C)(C)CCCC23C)c1. The van der Waals surface area contributed by atoms with E-state index in [0.717, 1.165) is 31.2 Å². The molecule has 0 saturated heterocycles. The summed E-state index contributed by atoms with van der Waals surface area (Å²) in [6.07, 6.45) is 4.14. The predicted molar refractivity (Wildman–Crippen MR) is 143 cm³/mol. The van der Waals surface area contributed by atoms with Crippen molar-refractivity contribution in [3.63, 3.8) is 0 Å². The summed E-state index contributed by atoms with van der Waals surface area (Å²) in [6, 6.07) is 13.0. The number of carbonyl (C=O) groups is 2. The van der Waals surface area contributed by atoms with Gasteiger partial charge in [-0.3, -0.25) is 9.59 Å². The highest BCUT2D eigenvalue weighted by atomic mass is 16.5. The van der Waals surface area contributed by atoms with E-state index in [0.29, 0.717) is 28.5 Å². The zero-order chi connectivity index (χ0) is 26.3. The van der Waals surface area contributed by atoms with Crippen LogP contribution in [0.15, 0.2) is 42.5 Å². The van der Waals surface area contributed by atoms with Gasteiger partial charge in [0.25, 0.3) is 5.91 Å². The molecule has 0 heterocycles. The third-order valence-corrected chi connectivity index (χ3v) is 9.15. The number of carbonyl (C=O) groups excluding carboxylic acids is 2. The summed E-state index contributed by atoms with van der Waals surface area (Å²) >= 11 is 0. The molecule has 2 fully saturated rings.